The molecule has 0 radical (unpaired) electrons. The molecule has 0 aliphatic carbocycles. The molecule has 2 N–H and O–H groups in total. The molecule has 0 bridgehead atoms. The van der Waals surface area contributed by atoms with Gasteiger partial charge in [-0.1, -0.05) is 19.1 Å². The maximum Gasteiger partial charge on any atom is 0.310 e. The van der Waals surface area contributed by atoms with Crippen LogP contribution in [0.15, 0.2) is 24.3 Å². The lowest BCUT2D eigenvalue weighted by atomic mass is 9.81. The first-order valence-electron chi connectivity index (χ1n) is 7.84. The average molecular weight is 358 g/mol. The van der Waals surface area contributed by atoms with Crippen molar-refractivity contribution >= 4 is 24.0 Å². The molecule has 0 spiro atoms. The highest BCUT2D eigenvalue weighted by Crippen LogP contribution is 2.27. The maximum atomic E-state index is 11.9. The maximum absolute atomic E-state index is 11.9. The van der Waals surface area contributed by atoms with E-state index in [0.29, 0.717) is 6.54 Å². The Balaban J connectivity index is 0.00000288. The SMILES string of the molecule is CC1(CNC(=O)CCOc2ccccc2[N+](=O)[O-])CCNCC1.Cl. The number of benzene rings is 1. The van der Waals surface area contributed by atoms with Crippen molar-refractivity contribution in [1.29, 1.82) is 0 Å². The van der Waals surface area contributed by atoms with Crippen LogP contribution in [0.1, 0.15) is 26.2 Å². The Kier molecular flexibility index (Phi) is 7.94. The molecular weight excluding hydrogens is 334 g/mol. The molecule has 1 aliphatic rings. The first-order chi connectivity index (χ1) is 11.0. The third kappa shape index (κ3) is 5.98. The van der Waals surface area contributed by atoms with E-state index in [9.17, 15) is 14.9 Å². The van der Waals surface area contributed by atoms with Gasteiger partial charge in [0.25, 0.3) is 0 Å². The molecule has 134 valence electrons. The second kappa shape index (κ2) is 9.44. The number of hydrogen-bond acceptors (Lipinski definition) is 5. The summed E-state index contributed by atoms with van der Waals surface area (Å²) >= 11 is 0. The minimum Gasteiger partial charge on any atom is -0.486 e. The van der Waals surface area contributed by atoms with Crippen LogP contribution in [0.25, 0.3) is 0 Å². The molecule has 0 atom stereocenters. The number of nitro groups is 1. The molecule has 24 heavy (non-hydrogen) atoms. The largest absolute Gasteiger partial charge is 0.486 e. The van der Waals surface area contributed by atoms with Crippen LogP contribution in [0.4, 0.5) is 5.69 Å². The summed E-state index contributed by atoms with van der Waals surface area (Å²) in [4.78, 5) is 22.3. The molecule has 1 aliphatic heterocycles. The highest BCUT2D eigenvalue weighted by Gasteiger charge is 2.26. The zero-order valence-electron chi connectivity index (χ0n) is 13.7. The number of carbonyl (C=O) groups is 1. The predicted octanol–water partition coefficient (Wildman–Crippen LogP) is 2.29. The number of nitro benzene ring substituents is 1. The third-order valence-corrected chi connectivity index (χ3v) is 4.17. The summed E-state index contributed by atoms with van der Waals surface area (Å²) in [5.41, 5.74) is 0.0510. The molecule has 1 saturated heterocycles. The minimum atomic E-state index is -0.493. The summed E-state index contributed by atoms with van der Waals surface area (Å²) in [6.45, 7) is 4.91. The van der Waals surface area contributed by atoms with E-state index in [1.807, 2.05) is 0 Å². The quantitative estimate of drug-likeness (QED) is 0.577. The lowest BCUT2D eigenvalue weighted by molar-refractivity contribution is -0.385. The molecule has 0 saturated carbocycles. The summed E-state index contributed by atoms with van der Waals surface area (Å²) in [6.07, 6.45) is 2.26. The van der Waals surface area contributed by atoms with E-state index in [0.717, 1.165) is 25.9 Å². The fourth-order valence-electron chi connectivity index (χ4n) is 2.59. The molecule has 0 aromatic heterocycles. The lowest BCUT2D eigenvalue weighted by Gasteiger charge is -2.34. The molecule has 1 aromatic carbocycles. The van der Waals surface area contributed by atoms with Crippen molar-refractivity contribution in [2.45, 2.75) is 26.2 Å². The predicted molar refractivity (Wildman–Crippen MR) is 93.7 cm³/mol. The van der Waals surface area contributed by atoms with E-state index in [1.165, 1.54) is 12.1 Å². The monoisotopic (exact) mass is 357 g/mol. The molecule has 0 unspecified atom stereocenters. The average Bonchev–Trinajstić information content (AvgIpc) is 2.54. The second-order valence-electron chi connectivity index (χ2n) is 6.16. The zero-order valence-corrected chi connectivity index (χ0v) is 14.6. The number of carbonyl (C=O) groups excluding carboxylic acids is 1. The Labute approximate surface area is 147 Å². The Hall–Kier alpha value is -1.86. The zero-order chi connectivity index (χ0) is 16.7. The van der Waals surface area contributed by atoms with E-state index in [-0.39, 0.29) is 48.2 Å². The van der Waals surface area contributed by atoms with Crippen LogP contribution in [0.3, 0.4) is 0 Å². The van der Waals surface area contributed by atoms with Crippen LogP contribution in [-0.4, -0.2) is 37.1 Å². The highest BCUT2D eigenvalue weighted by molar-refractivity contribution is 5.85. The van der Waals surface area contributed by atoms with Gasteiger partial charge in [0.2, 0.25) is 5.91 Å². The van der Waals surface area contributed by atoms with Crippen LogP contribution >= 0.6 is 12.4 Å². The molecular formula is C16H24ClN3O4. The van der Waals surface area contributed by atoms with Crippen molar-refractivity contribution in [3.05, 3.63) is 34.4 Å². The Bertz CT molecular complexity index is 562. The number of nitrogens with one attached hydrogen (secondary N) is 2. The van der Waals surface area contributed by atoms with Crippen molar-refractivity contribution < 1.29 is 14.5 Å². The van der Waals surface area contributed by atoms with Gasteiger partial charge in [0.1, 0.15) is 0 Å². The number of rotatable bonds is 7. The molecule has 1 aromatic rings. The number of para-hydroxylation sites is 2. The second-order valence-corrected chi connectivity index (χ2v) is 6.16. The van der Waals surface area contributed by atoms with Gasteiger partial charge < -0.3 is 15.4 Å². The van der Waals surface area contributed by atoms with Gasteiger partial charge in [-0.25, -0.2) is 0 Å². The van der Waals surface area contributed by atoms with E-state index in [2.05, 4.69) is 17.6 Å². The number of halogens is 1. The number of nitrogens with zero attached hydrogens (tertiary/aromatic N) is 1. The highest BCUT2D eigenvalue weighted by atomic mass is 35.5. The molecule has 1 heterocycles. The fourth-order valence-corrected chi connectivity index (χ4v) is 2.59. The molecule has 2 rings (SSSR count). The molecule has 7 nitrogen and oxygen atoms in total. The van der Waals surface area contributed by atoms with Gasteiger partial charge in [0, 0.05) is 12.6 Å². The van der Waals surface area contributed by atoms with Crippen LogP contribution in [0.5, 0.6) is 5.75 Å². The van der Waals surface area contributed by atoms with Crippen LogP contribution < -0.4 is 15.4 Å². The Morgan fingerprint density at radius 3 is 2.71 bits per heavy atom. The number of hydrogen-bond donors (Lipinski definition) is 2. The molecule has 1 fully saturated rings. The summed E-state index contributed by atoms with van der Waals surface area (Å²) < 4.78 is 5.37. The topological polar surface area (TPSA) is 93.5 Å². The standard InChI is InChI=1S/C16H23N3O4.ClH/c1-16(7-9-17-10-8-16)12-18-15(20)6-11-23-14-5-3-2-4-13(14)19(21)22;/h2-5,17H,6-12H2,1H3,(H,18,20);1H. The molecule has 1 amide bonds. The smallest absolute Gasteiger partial charge is 0.310 e. The summed E-state index contributed by atoms with van der Waals surface area (Å²) in [7, 11) is 0. The molecule has 8 heteroatoms. The minimum absolute atomic E-state index is 0. The van der Waals surface area contributed by atoms with Crippen molar-refractivity contribution in [3.63, 3.8) is 0 Å². The third-order valence-electron chi connectivity index (χ3n) is 4.17. The summed E-state index contributed by atoms with van der Waals surface area (Å²) in [6, 6.07) is 6.16. The van der Waals surface area contributed by atoms with E-state index < -0.39 is 4.92 Å². The van der Waals surface area contributed by atoms with E-state index in [4.69, 9.17) is 4.74 Å². The number of ether oxygens (including phenoxy) is 1. The number of amides is 1. The summed E-state index contributed by atoms with van der Waals surface area (Å²) in [5, 5.41) is 17.1. The van der Waals surface area contributed by atoms with Gasteiger partial charge in [0.05, 0.1) is 18.0 Å². The number of piperidine rings is 1. The fraction of sp³-hybridized carbons (Fsp3) is 0.562. The van der Waals surface area contributed by atoms with Gasteiger partial charge in [-0.2, -0.15) is 0 Å². The van der Waals surface area contributed by atoms with Crippen molar-refractivity contribution in [2.75, 3.05) is 26.2 Å². The van der Waals surface area contributed by atoms with E-state index >= 15 is 0 Å². The first-order valence-corrected chi connectivity index (χ1v) is 7.84. The van der Waals surface area contributed by atoms with Crippen molar-refractivity contribution in [3.8, 4) is 5.75 Å². The lowest BCUT2D eigenvalue weighted by Crippen LogP contribution is -2.43. The van der Waals surface area contributed by atoms with Crippen molar-refractivity contribution in [1.82, 2.24) is 10.6 Å². The van der Waals surface area contributed by atoms with Gasteiger partial charge in [-0.15, -0.1) is 12.4 Å². The normalized spacial score (nSPS) is 15.9. The van der Waals surface area contributed by atoms with Gasteiger partial charge in [0.15, 0.2) is 5.75 Å². The van der Waals surface area contributed by atoms with Gasteiger partial charge in [-0.3, -0.25) is 14.9 Å². The van der Waals surface area contributed by atoms with Crippen LogP contribution in [0.2, 0.25) is 0 Å². The Morgan fingerprint density at radius 1 is 1.38 bits per heavy atom. The van der Waals surface area contributed by atoms with Crippen LogP contribution in [-0.2, 0) is 4.79 Å². The first kappa shape index (κ1) is 20.2. The van der Waals surface area contributed by atoms with E-state index in [1.54, 1.807) is 12.1 Å². The van der Waals surface area contributed by atoms with Crippen molar-refractivity contribution in [2.24, 2.45) is 5.41 Å². The van der Waals surface area contributed by atoms with Crippen LogP contribution in [0, 0.1) is 15.5 Å². The van der Waals surface area contributed by atoms with Gasteiger partial charge in [-0.05, 0) is 37.4 Å². The van der Waals surface area contributed by atoms with Gasteiger partial charge >= 0.3 is 5.69 Å². The Morgan fingerprint density at radius 2 is 2.04 bits per heavy atom. The summed E-state index contributed by atoms with van der Waals surface area (Å²) in [5.74, 6) is 0.0963.